The minimum atomic E-state index is -1.16. The number of aromatic nitrogens is 3. The highest BCUT2D eigenvalue weighted by Crippen LogP contribution is 2.39. The first-order valence-corrected chi connectivity index (χ1v) is 14.7. The van der Waals surface area contributed by atoms with E-state index < -0.39 is 13.7 Å². The number of hydrogen-bond acceptors (Lipinski definition) is 5. The van der Waals surface area contributed by atoms with Crippen LogP contribution < -0.4 is 5.32 Å². The molecule has 2 heterocycles. The maximum Gasteiger partial charge on any atom is 0.255 e. The summed E-state index contributed by atoms with van der Waals surface area (Å²) in [6, 6.07) is 0.696. The molecule has 0 bridgehead atoms. The van der Waals surface area contributed by atoms with Crippen molar-refractivity contribution in [3.8, 4) is 0 Å². The standard InChI is InChI=1S/C22H36N4O3Si/c1-7-22(3,28)15(2)24-21(27)17-13-26(14-29-10-11-30(4,5)6)20-19(17)25-18(12-23-20)16-8-9-16/h12-13,15-16,28H,7-11,14H2,1-6H3,(H,24,27)/t15-,22-/m0/s1. The smallest absolute Gasteiger partial charge is 0.255 e. The Hall–Kier alpha value is -1.77. The Bertz CT molecular complexity index is 900. The van der Waals surface area contributed by atoms with Crippen LogP contribution >= 0.6 is 0 Å². The predicted molar refractivity (Wildman–Crippen MR) is 121 cm³/mol. The van der Waals surface area contributed by atoms with Gasteiger partial charge in [-0.2, -0.15) is 0 Å². The molecular weight excluding hydrogens is 396 g/mol. The molecule has 0 aliphatic heterocycles. The van der Waals surface area contributed by atoms with E-state index in [2.05, 4.69) is 29.9 Å². The SMILES string of the molecule is CC[C@](C)(O)[C@H](C)NC(=O)c1cn(COCC[Si](C)(C)C)c2ncc(C3CC3)nc12. The van der Waals surface area contributed by atoms with Crippen LogP contribution in [-0.4, -0.2) is 51.9 Å². The summed E-state index contributed by atoms with van der Waals surface area (Å²) in [5.41, 5.74) is 1.72. The summed E-state index contributed by atoms with van der Waals surface area (Å²) in [6.45, 7) is 13.5. The van der Waals surface area contributed by atoms with Crippen LogP contribution in [0, 0.1) is 0 Å². The zero-order chi connectivity index (χ0) is 22.1. The molecule has 166 valence electrons. The number of carbonyl (C=O) groups is 1. The van der Waals surface area contributed by atoms with Gasteiger partial charge in [0.15, 0.2) is 5.65 Å². The third-order valence-electron chi connectivity index (χ3n) is 6.05. The van der Waals surface area contributed by atoms with E-state index >= 15 is 0 Å². The molecule has 3 rings (SSSR count). The number of nitrogens with one attached hydrogen (secondary N) is 1. The lowest BCUT2D eigenvalue weighted by Crippen LogP contribution is -2.48. The van der Waals surface area contributed by atoms with Crippen LogP contribution in [0.3, 0.4) is 0 Å². The monoisotopic (exact) mass is 432 g/mol. The van der Waals surface area contributed by atoms with Gasteiger partial charge >= 0.3 is 0 Å². The summed E-state index contributed by atoms with van der Waals surface area (Å²) >= 11 is 0. The molecule has 2 aromatic rings. The summed E-state index contributed by atoms with van der Waals surface area (Å²) in [5, 5.41) is 13.4. The fourth-order valence-electron chi connectivity index (χ4n) is 3.18. The minimum Gasteiger partial charge on any atom is -0.388 e. The molecular formula is C22H36N4O3Si. The van der Waals surface area contributed by atoms with Gasteiger partial charge in [0.05, 0.1) is 29.1 Å². The van der Waals surface area contributed by atoms with Gasteiger partial charge in [0, 0.05) is 26.8 Å². The van der Waals surface area contributed by atoms with Crippen molar-refractivity contribution in [2.24, 2.45) is 0 Å². The number of hydrogen-bond donors (Lipinski definition) is 2. The van der Waals surface area contributed by atoms with E-state index in [1.54, 1.807) is 13.1 Å². The highest BCUT2D eigenvalue weighted by molar-refractivity contribution is 6.76. The fraction of sp³-hybridized carbons (Fsp3) is 0.682. The number of rotatable bonds is 10. The van der Waals surface area contributed by atoms with Crippen molar-refractivity contribution < 1.29 is 14.6 Å². The predicted octanol–water partition coefficient (Wildman–Crippen LogP) is 3.90. The van der Waals surface area contributed by atoms with Gasteiger partial charge in [-0.1, -0.05) is 26.6 Å². The van der Waals surface area contributed by atoms with Gasteiger partial charge in [0.25, 0.3) is 5.91 Å². The number of carbonyl (C=O) groups excluding carboxylic acids is 1. The molecule has 7 nitrogen and oxygen atoms in total. The molecule has 30 heavy (non-hydrogen) atoms. The van der Waals surface area contributed by atoms with Gasteiger partial charge in [-0.3, -0.25) is 4.79 Å². The van der Waals surface area contributed by atoms with E-state index in [9.17, 15) is 9.90 Å². The average molecular weight is 433 g/mol. The molecule has 0 radical (unpaired) electrons. The summed E-state index contributed by atoms with van der Waals surface area (Å²) in [7, 11) is -1.16. The fourth-order valence-corrected chi connectivity index (χ4v) is 3.94. The number of ether oxygens (including phenoxy) is 1. The van der Waals surface area contributed by atoms with Crippen LogP contribution in [0.25, 0.3) is 11.2 Å². The Balaban J connectivity index is 1.84. The quantitative estimate of drug-likeness (QED) is 0.439. The first-order valence-electron chi connectivity index (χ1n) is 11.0. The van der Waals surface area contributed by atoms with E-state index in [1.165, 1.54) is 0 Å². The zero-order valence-corrected chi connectivity index (χ0v) is 20.2. The van der Waals surface area contributed by atoms with Crippen molar-refractivity contribution in [2.45, 2.75) is 90.0 Å². The Kier molecular flexibility index (Phi) is 6.69. The minimum absolute atomic E-state index is 0.246. The van der Waals surface area contributed by atoms with Crippen molar-refractivity contribution in [2.75, 3.05) is 6.61 Å². The normalized spacial score (nSPS) is 17.7. The summed E-state index contributed by atoms with van der Waals surface area (Å²) in [5.74, 6) is 0.207. The van der Waals surface area contributed by atoms with Crippen LogP contribution in [0.1, 0.15) is 62.0 Å². The molecule has 1 aliphatic carbocycles. The Morgan fingerprint density at radius 3 is 2.73 bits per heavy atom. The maximum absolute atomic E-state index is 13.1. The third kappa shape index (κ3) is 5.47. The second-order valence-corrected chi connectivity index (χ2v) is 15.6. The molecule has 1 aliphatic rings. The van der Waals surface area contributed by atoms with Gasteiger partial charge in [-0.15, -0.1) is 0 Å². The largest absolute Gasteiger partial charge is 0.388 e. The third-order valence-corrected chi connectivity index (χ3v) is 7.75. The lowest BCUT2D eigenvalue weighted by molar-refractivity contribution is 0.0211. The Morgan fingerprint density at radius 2 is 2.13 bits per heavy atom. The van der Waals surface area contributed by atoms with Crippen LogP contribution in [0.4, 0.5) is 0 Å². The van der Waals surface area contributed by atoms with Gasteiger partial charge < -0.3 is 19.7 Å². The zero-order valence-electron chi connectivity index (χ0n) is 19.2. The van der Waals surface area contributed by atoms with E-state index in [0.717, 1.165) is 24.6 Å². The summed E-state index contributed by atoms with van der Waals surface area (Å²) in [4.78, 5) is 22.5. The molecule has 2 N–H and O–H groups in total. The van der Waals surface area contributed by atoms with E-state index in [1.807, 2.05) is 24.6 Å². The Morgan fingerprint density at radius 1 is 1.43 bits per heavy atom. The van der Waals surface area contributed by atoms with E-state index in [4.69, 9.17) is 9.72 Å². The maximum atomic E-state index is 13.1. The first-order chi connectivity index (χ1) is 14.0. The molecule has 0 aromatic carbocycles. The molecule has 8 heteroatoms. The number of nitrogens with zero attached hydrogens (tertiary/aromatic N) is 3. The number of fused-ring (bicyclic) bond motifs is 1. The Labute approximate surface area is 180 Å². The summed E-state index contributed by atoms with van der Waals surface area (Å²) in [6.07, 6.45) is 6.40. The van der Waals surface area contributed by atoms with Crippen molar-refractivity contribution in [1.82, 2.24) is 19.9 Å². The molecule has 1 amide bonds. The molecule has 0 unspecified atom stereocenters. The molecule has 1 saturated carbocycles. The van der Waals surface area contributed by atoms with Crippen LogP contribution in [0.2, 0.25) is 25.7 Å². The van der Waals surface area contributed by atoms with Crippen molar-refractivity contribution >= 4 is 25.1 Å². The summed E-state index contributed by atoms with van der Waals surface area (Å²) < 4.78 is 7.76. The van der Waals surface area contributed by atoms with E-state index in [0.29, 0.717) is 42.4 Å². The van der Waals surface area contributed by atoms with Gasteiger partial charge in [-0.05, 0) is 39.2 Å². The van der Waals surface area contributed by atoms with Crippen molar-refractivity contribution in [3.63, 3.8) is 0 Å². The lowest BCUT2D eigenvalue weighted by atomic mass is 9.95. The molecule has 2 atom stereocenters. The first kappa shape index (κ1) is 22.9. The number of aliphatic hydroxyl groups is 1. The number of amides is 1. The van der Waals surface area contributed by atoms with Gasteiger partial charge in [0.1, 0.15) is 12.2 Å². The van der Waals surface area contributed by atoms with Crippen LogP contribution in [0.15, 0.2) is 12.4 Å². The van der Waals surface area contributed by atoms with E-state index in [-0.39, 0.29) is 11.9 Å². The molecule has 0 saturated heterocycles. The van der Waals surface area contributed by atoms with Crippen molar-refractivity contribution in [1.29, 1.82) is 0 Å². The van der Waals surface area contributed by atoms with Crippen LogP contribution in [0.5, 0.6) is 0 Å². The highest BCUT2D eigenvalue weighted by atomic mass is 28.3. The lowest BCUT2D eigenvalue weighted by Gasteiger charge is -2.29. The van der Waals surface area contributed by atoms with Crippen molar-refractivity contribution in [3.05, 3.63) is 23.7 Å². The second-order valence-electron chi connectivity index (χ2n) is 10.0. The van der Waals surface area contributed by atoms with Crippen LogP contribution in [-0.2, 0) is 11.5 Å². The van der Waals surface area contributed by atoms with Gasteiger partial charge in [-0.25, -0.2) is 9.97 Å². The topological polar surface area (TPSA) is 89.3 Å². The highest BCUT2D eigenvalue weighted by Gasteiger charge is 2.30. The molecule has 0 spiro atoms. The molecule has 1 fully saturated rings. The molecule has 2 aromatic heterocycles. The van der Waals surface area contributed by atoms with Gasteiger partial charge in [0.2, 0.25) is 0 Å². The average Bonchev–Trinajstić information content (AvgIpc) is 3.46. The second kappa shape index (κ2) is 8.76.